The molecule has 0 saturated heterocycles. The molecule has 1 aromatic heterocycles. The number of aromatic amines is 1. The molecule has 1 atom stereocenters. The molecule has 4 nitrogen and oxygen atoms in total. The van der Waals surface area contributed by atoms with Gasteiger partial charge in [-0.05, 0) is 30.7 Å². The minimum Gasteiger partial charge on any atom is -0.361 e. The molecule has 0 aliphatic rings. The van der Waals surface area contributed by atoms with E-state index in [0.29, 0.717) is 0 Å². The van der Waals surface area contributed by atoms with Gasteiger partial charge in [-0.3, -0.25) is 4.79 Å². The molecule has 1 unspecified atom stereocenters. The van der Waals surface area contributed by atoms with Gasteiger partial charge in [0, 0.05) is 22.8 Å². The van der Waals surface area contributed by atoms with Crippen molar-refractivity contribution in [2.75, 3.05) is 5.32 Å². The maximum Gasteiger partial charge on any atom is 0.241 e. The number of H-pyrrole nitrogens is 1. The van der Waals surface area contributed by atoms with Gasteiger partial charge in [0.25, 0.3) is 0 Å². The normalized spacial score (nSPS) is 12.6. The van der Waals surface area contributed by atoms with Gasteiger partial charge < -0.3 is 16.0 Å². The average Bonchev–Trinajstić information content (AvgIpc) is 2.83. The van der Waals surface area contributed by atoms with Crippen molar-refractivity contribution in [2.45, 2.75) is 32.2 Å². The Bertz CT molecular complexity index is 533. The van der Waals surface area contributed by atoms with Crippen LogP contribution in [0.2, 0.25) is 0 Å². The third kappa shape index (κ3) is 2.90. The van der Waals surface area contributed by atoms with Crippen LogP contribution in [-0.2, 0) is 4.79 Å². The molecule has 1 heterocycles. The lowest BCUT2D eigenvalue weighted by Gasteiger charge is -2.11. The quantitative estimate of drug-likeness (QED) is 0.757. The number of carbonyl (C=O) groups excluding carboxylic acids is 1. The molecule has 0 radical (unpaired) electrons. The average molecular weight is 245 g/mol. The summed E-state index contributed by atoms with van der Waals surface area (Å²) in [5, 5.41) is 3.93. The number of amides is 1. The van der Waals surface area contributed by atoms with Crippen molar-refractivity contribution in [1.82, 2.24) is 4.98 Å². The smallest absolute Gasteiger partial charge is 0.241 e. The molecule has 18 heavy (non-hydrogen) atoms. The van der Waals surface area contributed by atoms with Crippen molar-refractivity contribution in [2.24, 2.45) is 5.73 Å². The van der Waals surface area contributed by atoms with Gasteiger partial charge in [-0.15, -0.1) is 0 Å². The highest BCUT2D eigenvalue weighted by molar-refractivity contribution is 5.96. The summed E-state index contributed by atoms with van der Waals surface area (Å²) in [5.74, 6) is -0.113. The van der Waals surface area contributed by atoms with Crippen LogP contribution >= 0.6 is 0 Å². The Balaban J connectivity index is 2.01. The number of rotatable bonds is 5. The standard InChI is InChI=1S/C14H19N3O/c1-2-3-4-12(15)14(18)17-11-5-6-13-10(9-11)7-8-16-13/h5-9,12,16H,2-4,15H2,1H3,(H,17,18). The first-order valence-electron chi connectivity index (χ1n) is 6.34. The van der Waals surface area contributed by atoms with Gasteiger partial charge in [0.05, 0.1) is 6.04 Å². The van der Waals surface area contributed by atoms with Crippen LogP contribution in [0.4, 0.5) is 5.69 Å². The fourth-order valence-corrected chi connectivity index (χ4v) is 1.92. The van der Waals surface area contributed by atoms with E-state index in [9.17, 15) is 4.79 Å². The third-order valence-electron chi connectivity index (χ3n) is 3.03. The first kappa shape index (κ1) is 12.6. The summed E-state index contributed by atoms with van der Waals surface area (Å²) in [4.78, 5) is 15.0. The maximum atomic E-state index is 11.8. The van der Waals surface area contributed by atoms with Gasteiger partial charge in [-0.1, -0.05) is 19.8 Å². The van der Waals surface area contributed by atoms with Crippen LogP contribution in [-0.4, -0.2) is 16.9 Å². The van der Waals surface area contributed by atoms with E-state index in [1.807, 2.05) is 30.5 Å². The Hall–Kier alpha value is -1.81. The minimum absolute atomic E-state index is 0.113. The Kier molecular flexibility index (Phi) is 3.99. The lowest BCUT2D eigenvalue weighted by molar-refractivity contribution is -0.117. The minimum atomic E-state index is -0.424. The van der Waals surface area contributed by atoms with Crippen molar-refractivity contribution in [3.63, 3.8) is 0 Å². The number of benzene rings is 1. The van der Waals surface area contributed by atoms with E-state index in [1.54, 1.807) is 0 Å². The zero-order valence-electron chi connectivity index (χ0n) is 10.6. The predicted molar refractivity (Wildman–Crippen MR) is 74.4 cm³/mol. The molecular formula is C14H19N3O. The summed E-state index contributed by atoms with van der Waals surface area (Å²) in [7, 11) is 0. The van der Waals surface area contributed by atoms with E-state index in [0.717, 1.165) is 35.9 Å². The van der Waals surface area contributed by atoms with Crippen molar-refractivity contribution < 1.29 is 4.79 Å². The topological polar surface area (TPSA) is 70.9 Å². The van der Waals surface area contributed by atoms with Crippen LogP contribution in [0.25, 0.3) is 10.9 Å². The molecule has 2 aromatic rings. The second kappa shape index (κ2) is 5.69. The number of hydrogen-bond acceptors (Lipinski definition) is 2. The number of anilines is 1. The van der Waals surface area contributed by atoms with Gasteiger partial charge in [0.2, 0.25) is 5.91 Å². The highest BCUT2D eigenvalue weighted by atomic mass is 16.2. The van der Waals surface area contributed by atoms with Crippen molar-refractivity contribution >= 4 is 22.5 Å². The predicted octanol–water partition coefficient (Wildman–Crippen LogP) is 2.62. The summed E-state index contributed by atoms with van der Waals surface area (Å²) < 4.78 is 0. The van der Waals surface area contributed by atoms with E-state index in [1.165, 1.54) is 0 Å². The Labute approximate surface area is 107 Å². The number of fused-ring (bicyclic) bond motifs is 1. The summed E-state index contributed by atoms with van der Waals surface area (Å²) in [6, 6.07) is 7.32. The molecule has 0 fully saturated rings. The van der Waals surface area contributed by atoms with Crippen LogP contribution in [0.5, 0.6) is 0 Å². The number of unbranched alkanes of at least 4 members (excludes halogenated alkanes) is 1. The van der Waals surface area contributed by atoms with Gasteiger partial charge in [-0.25, -0.2) is 0 Å². The molecule has 0 aliphatic heterocycles. The van der Waals surface area contributed by atoms with E-state index in [2.05, 4.69) is 17.2 Å². The summed E-state index contributed by atoms with van der Waals surface area (Å²) in [6.07, 6.45) is 4.64. The highest BCUT2D eigenvalue weighted by Gasteiger charge is 2.12. The second-order valence-corrected chi connectivity index (χ2v) is 4.52. The fraction of sp³-hybridized carbons (Fsp3) is 0.357. The van der Waals surface area contributed by atoms with Crippen molar-refractivity contribution in [3.05, 3.63) is 30.5 Å². The number of aromatic nitrogens is 1. The van der Waals surface area contributed by atoms with Gasteiger partial charge in [-0.2, -0.15) is 0 Å². The van der Waals surface area contributed by atoms with E-state index in [-0.39, 0.29) is 5.91 Å². The molecule has 96 valence electrons. The number of nitrogens with two attached hydrogens (primary N) is 1. The summed E-state index contributed by atoms with van der Waals surface area (Å²) >= 11 is 0. The van der Waals surface area contributed by atoms with E-state index in [4.69, 9.17) is 5.73 Å². The Morgan fingerprint density at radius 2 is 2.28 bits per heavy atom. The molecule has 0 spiro atoms. The Morgan fingerprint density at radius 1 is 1.44 bits per heavy atom. The molecular weight excluding hydrogens is 226 g/mol. The van der Waals surface area contributed by atoms with E-state index >= 15 is 0 Å². The lowest BCUT2D eigenvalue weighted by atomic mass is 10.1. The maximum absolute atomic E-state index is 11.8. The number of hydrogen-bond donors (Lipinski definition) is 3. The highest BCUT2D eigenvalue weighted by Crippen LogP contribution is 2.18. The number of carbonyl (C=O) groups is 1. The zero-order valence-corrected chi connectivity index (χ0v) is 10.6. The van der Waals surface area contributed by atoms with Crippen LogP contribution in [0.3, 0.4) is 0 Å². The molecule has 2 rings (SSSR count). The molecule has 0 bridgehead atoms. The summed E-state index contributed by atoms with van der Waals surface area (Å²) in [6.45, 7) is 2.09. The second-order valence-electron chi connectivity index (χ2n) is 4.52. The largest absolute Gasteiger partial charge is 0.361 e. The molecule has 4 heteroatoms. The molecule has 0 aliphatic carbocycles. The molecule has 1 amide bonds. The number of nitrogens with one attached hydrogen (secondary N) is 2. The first-order valence-corrected chi connectivity index (χ1v) is 6.34. The fourth-order valence-electron chi connectivity index (χ4n) is 1.92. The molecule has 1 aromatic carbocycles. The molecule has 0 saturated carbocycles. The summed E-state index contributed by atoms with van der Waals surface area (Å²) in [5.41, 5.74) is 7.67. The third-order valence-corrected chi connectivity index (χ3v) is 3.03. The van der Waals surface area contributed by atoms with Gasteiger partial charge in [0.15, 0.2) is 0 Å². The van der Waals surface area contributed by atoms with Crippen LogP contribution in [0.15, 0.2) is 30.5 Å². The lowest BCUT2D eigenvalue weighted by Crippen LogP contribution is -2.35. The Morgan fingerprint density at radius 3 is 3.06 bits per heavy atom. The van der Waals surface area contributed by atoms with Gasteiger partial charge >= 0.3 is 0 Å². The SMILES string of the molecule is CCCCC(N)C(=O)Nc1ccc2[nH]ccc2c1. The van der Waals surface area contributed by atoms with Crippen molar-refractivity contribution in [3.8, 4) is 0 Å². The molecule has 4 N–H and O–H groups in total. The monoisotopic (exact) mass is 245 g/mol. The van der Waals surface area contributed by atoms with Crippen molar-refractivity contribution in [1.29, 1.82) is 0 Å². The zero-order chi connectivity index (χ0) is 13.0. The first-order chi connectivity index (χ1) is 8.70. The van der Waals surface area contributed by atoms with Crippen LogP contribution in [0.1, 0.15) is 26.2 Å². The van der Waals surface area contributed by atoms with Crippen LogP contribution < -0.4 is 11.1 Å². The van der Waals surface area contributed by atoms with Crippen LogP contribution in [0, 0.1) is 0 Å². The van der Waals surface area contributed by atoms with E-state index < -0.39 is 6.04 Å². The van der Waals surface area contributed by atoms with Gasteiger partial charge in [0.1, 0.15) is 0 Å².